The lowest BCUT2D eigenvalue weighted by Crippen LogP contribution is -2.55. The molecule has 174 valence electrons. The molecule has 4 unspecified atom stereocenters. The van der Waals surface area contributed by atoms with E-state index in [0.717, 1.165) is 17.6 Å². The number of nitrogens with one attached hydrogen (secondary N) is 1. The van der Waals surface area contributed by atoms with Crippen LogP contribution in [0.15, 0.2) is 47.6 Å². The second kappa shape index (κ2) is 10.3. The number of fused-ring (bicyclic) bond motifs is 3. The van der Waals surface area contributed by atoms with Crippen molar-refractivity contribution in [3.63, 3.8) is 0 Å². The number of aliphatic hydroxyl groups is 2. The molecule has 3 rings (SSSR count). The highest BCUT2D eigenvalue weighted by atomic mass is 16.5. The van der Waals surface area contributed by atoms with Gasteiger partial charge in [0.2, 0.25) is 11.8 Å². The summed E-state index contributed by atoms with van der Waals surface area (Å²) < 4.78 is 6.10. The van der Waals surface area contributed by atoms with Gasteiger partial charge in [0.15, 0.2) is 0 Å². The van der Waals surface area contributed by atoms with Crippen LogP contribution in [0.1, 0.15) is 45.6 Å². The molecule has 0 radical (unpaired) electrons. The van der Waals surface area contributed by atoms with E-state index in [2.05, 4.69) is 19.2 Å². The number of hydrogen-bond donors (Lipinski definition) is 3. The molecule has 1 heterocycles. The van der Waals surface area contributed by atoms with Crippen molar-refractivity contribution < 1.29 is 24.5 Å². The summed E-state index contributed by atoms with van der Waals surface area (Å²) in [6.07, 6.45) is 2.35. The number of hydrogen-bond acceptors (Lipinski definition) is 5. The largest absolute Gasteiger partial charge is 0.486 e. The highest BCUT2D eigenvalue weighted by Gasteiger charge is 2.50. The Hall–Kier alpha value is -2.64. The van der Waals surface area contributed by atoms with Crippen molar-refractivity contribution in [2.75, 3.05) is 19.7 Å². The van der Waals surface area contributed by atoms with Crippen molar-refractivity contribution in [3.8, 4) is 5.75 Å². The molecule has 2 amide bonds. The van der Waals surface area contributed by atoms with Crippen LogP contribution in [0.5, 0.6) is 5.75 Å². The lowest BCUT2D eigenvalue weighted by molar-refractivity contribution is -0.132. The molecule has 2 aliphatic rings. The van der Waals surface area contributed by atoms with E-state index in [1.54, 1.807) is 17.1 Å². The molecule has 0 saturated carbocycles. The van der Waals surface area contributed by atoms with Gasteiger partial charge in [-0.3, -0.25) is 9.59 Å². The molecule has 1 aliphatic carbocycles. The Bertz CT molecular complexity index is 903. The number of carbonyl (C=O) groups is 2. The fourth-order valence-electron chi connectivity index (χ4n) is 4.32. The Morgan fingerprint density at radius 3 is 2.62 bits per heavy atom. The number of aliphatic hydroxyl groups excluding tert-OH is 2. The Labute approximate surface area is 189 Å². The first-order chi connectivity index (χ1) is 15.2. The molecule has 1 aromatic rings. The molecule has 0 bridgehead atoms. The molecule has 1 aliphatic heterocycles. The predicted octanol–water partition coefficient (Wildman–Crippen LogP) is 2.15. The highest BCUT2D eigenvalue weighted by Crippen LogP contribution is 2.47. The number of benzene rings is 1. The van der Waals surface area contributed by atoms with Gasteiger partial charge in [0, 0.05) is 30.3 Å². The number of nitrogens with zero attached hydrogens (tertiary/aromatic N) is 1. The van der Waals surface area contributed by atoms with Crippen molar-refractivity contribution in [3.05, 3.63) is 53.1 Å². The average Bonchev–Trinajstić information content (AvgIpc) is 3.13. The smallest absolute Gasteiger partial charge is 0.247 e. The molecule has 0 aromatic heterocycles. The van der Waals surface area contributed by atoms with E-state index in [1.807, 2.05) is 38.1 Å². The molecule has 1 aromatic carbocycles. The Morgan fingerprint density at radius 2 is 1.97 bits per heavy atom. The Balaban J connectivity index is 2.04. The minimum atomic E-state index is -0.997. The second-order valence-corrected chi connectivity index (χ2v) is 9.12. The zero-order valence-electron chi connectivity index (χ0n) is 19.2. The molecular formula is C25H34N2O5. The first-order valence-electron chi connectivity index (χ1n) is 11.2. The average molecular weight is 443 g/mol. The number of para-hydroxylation sites is 1. The molecule has 0 spiro atoms. The third-order valence-electron chi connectivity index (χ3n) is 5.88. The van der Waals surface area contributed by atoms with Gasteiger partial charge in [-0.2, -0.15) is 0 Å². The third-order valence-corrected chi connectivity index (χ3v) is 5.88. The number of ether oxygens (including phenoxy) is 1. The van der Waals surface area contributed by atoms with Crippen LogP contribution >= 0.6 is 0 Å². The fourth-order valence-corrected chi connectivity index (χ4v) is 4.32. The summed E-state index contributed by atoms with van der Waals surface area (Å²) in [5.41, 5.74) is 2.15. The van der Waals surface area contributed by atoms with Gasteiger partial charge in [0.25, 0.3) is 0 Å². The lowest BCUT2D eigenvalue weighted by atomic mass is 9.77. The maximum absolute atomic E-state index is 13.1. The van der Waals surface area contributed by atoms with Crippen LogP contribution in [0.4, 0.5) is 0 Å². The van der Waals surface area contributed by atoms with Gasteiger partial charge in [-0.1, -0.05) is 37.6 Å². The van der Waals surface area contributed by atoms with E-state index in [1.165, 1.54) is 0 Å². The van der Waals surface area contributed by atoms with E-state index >= 15 is 0 Å². The van der Waals surface area contributed by atoms with Gasteiger partial charge in [0.1, 0.15) is 18.0 Å². The van der Waals surface area contributed by atoms with E-state index in [9.17, 15) is 14.7 Å². The van der Waals surface area contributed by atoms with Crippen molar-refractivity contribution in [1.82, 2.24) is 10.2 Å². The van der Waals surface area contributed by atoms with Gasteiger partial charge < -0.3 is 25.2 Å². The van der Waals surface area contributed by atoms with Crippen LogP contribution in [0.3, 0.4) is 0 Å². The molecule has 7 nitrogen and oxygen atoms in total. The number of carbonyl (C=O) groups excluding carboxylic acids is 2. The van der Waals surface area contributed by atoms with Gasteiger partial charge >= 0.3 is 0 Å². The summed E-state index contributed by atoms with van der Waals surface area (Å²) >= 11 is 0. The maximum atomic E-state index is 13.1. The first kappa shape index (κ1) is 24.0. The minimum absolute atomic E-state index is 0.122. The van der Waals surface area contributed by atoms with Crippen LogP contribution in [-0.2, 0) is 9.59 Å². The monoisotopic (exact) mass is 442 g/mol. The summed E-state index contributed by atoms with van der Waals surface area (Å²) in [6, 6.07) is 6.73. The molecular weight excluding hydrogens is 408 g/mol. The van der Waals surface area contributed by atoms with Gasteiger partial charge in [0.05, 0.1) is 18.6 Å². The van der Waals surface area contributed by atoms with E-state index < -0.39 is 24.2 Å². The van der Waals surface area contributed by atoms with Crippen molar-refractivity contribution in [2.45, 2.75) is 58.3 Å². The van der Waals surface area contributed by atoms with Crippen LogP contribution < -0.4 is 10.1 Å². The van der Waals surface area contributed by atoms with Crippen LogP contribution in [0.25, 0.3) is 0 Å². The molecule has 3 N–H and O–H groups in total. The molecule has 0 fully saturated rings. The summed E-state index contributed by atoms with van der Waals surface area (Å²) in [4.78, 5) is 27.8. The number of amides is 2. The van der Waals surface area contributed by atoms with Crippen molar-refractivity contribution in [1.29, 1.82) is 0 Å². The van der Waals surface area contributed by atoms with Crippen LogP contribution in [0, 0.1) is 5.92 Å². The first-order valence-corrected chi connectivity index (χ1v) is 11.2. The van der Waals surface area contributed by atoms with Gasteiger partial charge in [-0.15, -0.1) is 0 Å². The predicted molar refractivity (Wildman–Crippen MR) is 122 cm³/mol. The number of rotatable bonds is 8. The van der Waals surface area contributed by atoms with Gasteiger partial charge in [-0.05, 0) is 38.3 Å². The topological polar surface area (TPSA) is 99.1 Å². The van der Waals surface area contributed by atoms with E-state index in [4.69, 9.17) is 9.84 Å². The fraction of sp³-hybridized carbons (Fsp3) is 0.520. The van der Waals surface area contributed by atoms with Crippen molar-refractivity contribution >= 4 is 11.8 Å². The normalized spacial score (nSPS) is 23.5. The summed E-state index contributed by atoms with van der Waals surface area (Å²) in [5, 5.41) is 23.2. The molecule has 0 saturated heterocycles. The Kier molecular flexibility index (Phi) is 7.74. The zero-order chi connectivity index (χ0) is 23.4. The van der Waals surface area contributed by atoms with Gasteiger partial charge in [-0.25, -0.2) is 0 Å². The number of allylic oxidation sites excluding steroid dienone is 1. The van der Waals surface area contributed by atoms with Crippen LogP contribution in [-0.4, -0.2) is 64.9 Å². The SMILES string of the molecule is CC(C)=CC(=O)N(CCC(C)C)C1C=C(C(=O)NCCO)C2c3ccccc3OC2C1O. The zero-order valence-corrected chi connectivity index (χ0v) is 19.2. The van der Waals surface area contributed by atoms with Crippen LogP contribution in [0.2, 0.25) is 0 Å². The Morgan fingerprint density at radius 1 is 1.25 bits per heavy atom. The standard InChI is InChI=1S/C25H34N2O5/c1-15(2)9-11-27(21(29)13-16(3)4)19-14-18(25(31)26-10-12-28)22-17-7-5-6-8-20(17)32-24(22)23(19)30/h5-8,13-15,19,22-24,28,30H,9-12H2,1-4H3,(H,26,31). The minimum Gasteiger partial charge on any atom is -0.486 e. The van der Waals surface area contributed by atoms with E-state index in [-0.39, 0.29) is 25.0 Å². The summed E-state index contributed by atoms with van der Waals surface area (Å²) in [7, 11) is 0. The maximum Gasteiger partial charge on any atom is 0.247 e. The molecule has 7 heteroatoms. The quantitative estimate of drug-likeness (QED) is 0.536. The molecule has 4 atom stereocenters. The summed E-state index contributed by atoms with van der Waals surface area (Å²) in [6.45, 7) is 8.27. The highest BCUT2D eigenvalue weighted by molar-refractivity contribution is 5.96. The lowest BCUT2D eigenvalue weighted by Gasteiger charge is -2.40. The third kappa shape index (κ3) is 5.05. The van der Waals surface area contributed by atoms with E-state index in [0.29, 0.717) is 23.8 Å². The summed E-state index contributed by atoms with van der Waals surface area (Å²) in [5.74, 6) is 0.0302. The molecule has 32 heavy (non-hydrogen) atoms. The second-order valence-electron chi connectivity index (χ2n) is 9.12. The van der Waals surface area contributed by atoms with Crippen molar-refractivity contribution in [2.24, 2.45) is 5.92 Å².